The molecule has 1 aromatic heterocycles. The van der Waals surface area contributed by atoms with E-state index in [4.69, 9.17) is 4.42 Å². The monoisotopic (exact) mass is 248 g/mol. The molecule has 2 heterocycles. The number of benzene rings is 1. The van der Waals surface area contributed by atoms with Crippen molar-refractivity contribution >= 4 is 11.1 Å². The van der Waals surface area contributed by atoms with Crippen molar-refractivity contribution in [2.45, 2.75) is 31.6 Å². The zero-order valence-corrected chi connectivity index (χ0v) is 10.5. The van der Waals surface area contributed by atoms with Gasteiger partial charge < -0.3 is 9.73 Å². The van der Waals surface area contributed by atoms with Crippen molar-refractivity contribution in [2.24, 2.45) is 0 Å². The Morgan fingerprint density at radius 1 is 1.39 bits per heavy atom. The van der Waals surface area contributed by atoms with Crippen LogP contribution in [-0.4, -0.2) is 18.1 Å². The van der Waals surface area contributed by atoms with E-state index in [0.717, 1.165) is 38.2 Å². The van der Waals surface area contributed by atoms with Gasteiger partial charge in [-0.25, -0.2) is 9.37 Å². The first-order chi connectivity index (χ1) is 8.73. The van der Waals surface area contributed by atoms with Crippen LogP contribution in [0.1, 0.15) is 32.1 Å². The summed E-state index contributed by atoms with van der Waals surface area (Å²) in [6.07, 6.45) is 3.06. The van der Waals surface area contributed by atoms with Crippen molar-refractivity contribution in [1.29, 1.82) is 0 Å². The molecule has 0 unspecified atom stereocenters. The molecular weight excluding hydrogens is 231 g/mol. The van der Waals surface area contributed by atoms with E-state index in [1.165, 1.54) is 12.1 Å². The zero-order valence-electron chi connectivity index (χ0n) is 10.5. The molecule has 3 rings (SSSR count). The van der Waals surface area contributed by atoms with E-state index in [1.807, 2.05) is 0 Å². The molecule has 2 aromatic rings. The minimum absolute atomic E-state index is 0.0146. The van der Waals surface area contributed by atoms with E-state index in [0.29, 0.717) is 11.1 Å². The number of nitrogens with zero attached hydrogens (tertiary/aromatic N) is 1. The van der Waals surface area contributed by atoms with Crippen molar-refractivity contribution < 1.29 is 8.81 Å². The highest BCUT2D eigenvalue weighted by atomic mass is 19.1. The van der Waals surface area contributed by atoms with Gasteiger partial charge in [0.25, 0.3) is 0 Å². The summed E-state index contributed by atoms with van der Waals surface area (Å²) in [6, 6.07) is 4.51. The summed E-state index contributed by atoms with van der Waals surface area (Å²) in [5, 5.41) is 3.36. The lowest BCUT2D eigenvalue weighted by Gasteiger charge is -2.33. The molecule has 96 valence electrons. The molecule has 1 aliphatic heterocycles. The summed E-state index contributed by atoms with van der Waals surface area (Å²) in [5.74, 6) is 0.505. The Bertz CT molecular complexity index is 558. The maximum Gasteiger partial charge on any atom is 0.201 e. The fourth-order valence-electron chi connectivity index (χ4n) is 2.75. The number of aromatic nitrogens is 1. The van der Waals surface area contributed by atoms with Gasteiger partial charge in [-0.05, 0) is 44.5 Å². The second-order valence-electron chi connectivity index (χ2n) is 5.01. The van der Waals surface area contributed by atoms with Crippen LogP contribution < -0.4 is 5.32 Å². The Balaban J connectivity index is 2.06. The van der Waals surface area contributed by atoms with Crippen LogP contribution >= 0.6 is 0 Å². The number of fused-ring (bicyclic) bond motifs is 1. The molecule has 0 amide bonds. The molecule has 3 nitrogen and oxygen atoms in total. The molecule has 0 saturated carbocycles. The topological polar surface area (TPSA) is 38.1 Å². The Morgan fingerprint density at radius 3 is 2.89 bits per heavy atom. The molecule has 4 heteroatoms. The van der Waals surface area contributed by atoms with Crippen LogP contribution in [0.4, 0.5) is 4.39 Å². The van der Waals surface area contributed by atoms with Gasteiger partial charge in [0.2, 0.25) is 5.89 Å². The molecule has 0 atom stereocenters. The Morgan fingerprint density at radius 2 is 2.17 bits per heavy atom. The highest BCUT2D eigenvalue weighted by Crippen LogP contribution is 2.37. The first-order valence-electron chi connectivity index (χ1n) is 6.51. The highest BCUT2D eigenvalue weighted by Gasteiger charge is 2.36. The molecule has 1 N–H and O–H groups in total. The van der Waals surface area contributed by atoms with Crippen molar-refractivity contribution in [3.8, 4) is 0 Å². The van der Waals surface area contributed by atoms with E-state index in [9.17, 15) is 4.39 Å². The van der Waals surface area contributed by atoms with Crippen molar-refractivity contribution in [3.05, 3.63) is 29.9 Å². The lowest BCUT2D eigenvalue weighted by Crippen LogP contribution is -2.39. The van der Waals surface area contributed by atoms with Crippen LogP contribution in [0.5, 0.6) is 0 Å². The summed E-state index contributed by atoms with van der Waals surface area (Å²) in [5.41, 5.74) is 1.31. The van der Waals surface area contributed by atoms with Gasteiger partial charge >= 0.3 is 0 Å². The summed E-state index contributed by atoms with van der Waals surface area (Å²) in [4.78, 5) is 4.51. The van der Waals surface area contributed by atoms with E-state index < -0.39 is 0 Å². The Labute approximate surface area is 105 Å². The van der Waals surface area contributed by atoms with Crippen LogP contribution in [0.2, 0.25) is 0 Å². The summed E-state index contributed by atoms with van der Waals surface area (Å²) in [6.45, 7) is 4.14. The highest BCUT2D eigenvalue weighted by molar-refractivity contribution is 5.72. The molecule has 18 heavy (non-hydrogen) atoms. The maximum atomic E-state index is 13.2. The smallest absolute Gasteiger partial charge is 0.201 e. The average molecular weight is 248 g/mol. The SMILES string of the molecule is CCC1(c2nc3cc(F)ccc3o2)CCNCC1. The summed E-state index contributed by atoms with van der Waals surface area (Å²) < 4.78 is 19.0. The van der Waals surface area contributed by atoms with Gasteiger partial charge in [-0.3, -0.25) is 0 Å². The molecule has 0 aliphatic carbocycles. The lowest BCUT2D eigenvalue weighted by atomic mass is 9.76. The first-order valence-corrected chi connectivity index (χ1v) is 6.51. The lowest BCUT2D eigenvalue weighted by molar-refractivity contribution is 0.243. The Kier molecular flexibility index (Phi) is 2.82. The fourth-order valence-corrected chi connectivity index (χ4v) is 2.75. The average Bonchev–Trinajstić information content (AvgIpc) is 2.83. The molecule has 1 aliphatic rings. The third-order valence-corrected chi connectivity index (χ3v) is 4.04. The number of oxazole rings is 1. The standard InChI is InChI=1S/C14H17FN2O/c1-2-14(5-7-16-8-6-14)13-17-11-9-10(15)3-4-12(11)18-13/h3-4,9,16H,2,5-8H2,1H3. The predicted octanol–water partition coefficient (Wildman–Crippen LogP) is 3.00. The number of hydrogen-bond acceptors (Lipinski definition) is 3. The van der Waals surface area contributed by atoms with Crippen LogP contribution in [0.15, 0.2) is 22.6 Å². The third-order valence-electron chi connectivity index (χ3n) is 4.04. The van der Waals surface area contributed by atoms with Gasteiger partial charge in [-0.2, -0.15) is 0 Å². The molecular formula is C14H17FN2O. The van der Waals surface area contributed by atoms with Gasteiger partial charge in [0, 0.05) is 11.5 Å². The van der Waals surface area contributed by atoms with Crippen LogP contribution in [0, 0.1) is 5.82 Å². The quantitative estimate of drug-likeness (QED) is 0.887. The van der Waals surface area contributed by atoms with E-state index in [1.54, 1.807) is 6.07 Å². The molecule has 1 aromatic carbocycles. The van der Waals surface area contributed by atoms with Crippen LogP contribution in [0.3, 0.4) is 0 Å². The predicted molar refractivity (Wildman–Crippen MR) is 68.0 cm³/mol. The van der Waals surface area contributed by atoms with Crippen molar-refractivity contribution in [3.63, 3.8) is 0 Å². The number of hydrogen-bond donors (Lipinski definition) is 1. The van der Waals surface area contributed by atoms with Crippen molar-refractivity contribution in [1.82, 2.24) is 10.3 Å². The molecule has 0 bridgehead atoms. The zero-order chi connectivity index (χ0) is 12.6. The number of nitrogens with one attached hydrogen (secondary N) is 1. The molecule has 0 radical (unpaired) electrons. The second-order valence-corrected chi connectivity index (χ2v) is 5.01. The minimum Gasteiger partial charge on any atom is -0.440 e. The van der Waals surface area contributed by atoms with Gasteiger partial charge in [0.15, 0.2) is 5.58 Å². The minimum atomic E-state index is -0.266. The fraction of sp³-hybridized carbons (Fsp3) is 0.500. The van der Waals surface area contributed by atoms with Crippen molar-refractivity contribution in [2.75, 3.05) is 13.1 Å². The third kappa shape index (κ3) is 1.81. The summed E-state index contributed by atoms with van der Waals surface area (Å²) in [7, 11) is 0. The van der Waals surface area contributed by atoms with Gasteiger partial charge in [0.05, 0.1) is 0 Å². The first kappa shape index (κ1) is 11.7. The molecule has 1 saturated heterocycles. The second kappa shape index (κ2) is 4.35. The Hall–Kier alpha value is -1.42. The number of halogens is 1. The van der Waals surface area contributed by atoms with Crippen LogP contribution in [0.25, 0.3) is 11.1 Å². The summed E-state index contributed by atoms with van der Waals surface area (Å²) >= 11 is 0. The number of rotatable bonds is 2. The largest absolute Gasteiger partial charge is 0.440 e. The van der Waals surface area contributed by atoms with E-state index in [2.05, 4.69) is 17.2 Å². The molecule has 0 spiro atoms. The van der Waals surface area contributed by atoms with Gasteiger partial charge in [0.1, 0.15) is 11.3 Å². The van der Waals surface area contributed by atoms with E-state index >= 15 is 0 Å². The normalized spacial score (nSPS) is 19.2. The van der Waals surface area contributed by atoms with Crippen LogP contribution in [-0.2, 0) is 5.41 Å². The molecule has 1 fully saturated rings. The maximum absolute atomic E-state index is 13.2. The van der Waals surface area contributed by atoms with E-state index in [-0.39, 0.29) is 11.2 Å². The van der Waals surface area contributed by atoms with Gasteiger partial charge in [-0.1, -0.05) is 6.92 Å². The van der Waals surface area contributed by atoms with Gasteiger partial charge in [-0.15, -0.1) is 0 Å². The number of piperidine rings is 1.